The minimum absolute atomic E-state index is 0.0339. The molecule has 6 aliphatic rings. The molecule has 2 amide bonds. The smallest absolute Gasteiger partial charge is 0.404 e. The Morgan fingerprint density at radius 2 is 1.89 bits per heavy atom. The molecule has 2 aliphatic heterocycles. The van der Waals surface area contributed by atoms with Gasteiger partial charge in [-0.3, -0.25) is 9.59 Å². The van der Waals surface area contributed by atoms with E-state index in [1.807, 2.05) is 13.8 Å². The molecule has 0 aromatic carbocycles. The Labute approximate surface area is 224 Å². The first kappa shape index (κ1) is 27.5. The molecule has 37 heavy (non-hydrogen) atoms. The van der Waals surface area contributed by atoms with Crippen LogP contribution in [-0.2, 0) is 18.9 Å². The number of carbonyl (C=O) groups is 2. The van der Waals surface area contributed by atoms with E-state index in [-0.39, 0.29) is 40.8 Å². The third kappa shape index (κ3) is 4.47. The molecule has 208 valence electrons. The molecule has 6 rings (SSSR count). The summed E-state index contributed by atoms with van der Waals surface area (Å²) in [4.78, 5) is 29.3. The van der Waals surface area contributed by atoms with Crippen molar-refractivity contribution in [1.29, 1.82) is 0 Å². The fourth-order valence-corrected chi connectivity index (χ4v) is 8.44. The van der Waals surface area contributed by atoms with E-state index < -0.39 is 18.7 Å². The van der Waals surface area contributed by atoms with Crippen molar-refractivity contribution < 1.29 is 18.9 Å². The number of nitrogens with zero attached hydrogens (tertiary/aromatic N) is 1. The van der Waals surface area contributed by atoms with E-state index >= 15 is 0 Å². The third-order valence-electron chi connectivity index (χ3n) is 11.5. The van der Waals surface area contributed by atoms with Gasteiger partial charge in [0, 0.05) is 6.54 Å². The number of nitrogens with one attached hydrogen (secondary N) is 1. The van der Waals surface area contributed by atoms with Gasteiger partial charge in [0.2, 0.25) is 11.8 Å². The highest BCUT2D eigenvalue weighted by atomic mass is 16.7. The number of rotatable bonds is 8. The van der Waals surface area contributed by atoms with Gasteiger partial charge in [-0.05, 0) is 68.1 Å². The summed E-state index contributed by atoms with van der Waals surface area (Å²) in [5, 5.41) is 3.30. The number of carbonyl (C=O) groups excluding carboxylic acids is 2. The standard InChI is InChI=1S/C29H50BN3O4/c1-7-24(30-36-23-17-20-16-22(27(20,4)5)28(23,6)37-30)32-25(34)21(15-19-11-9-8-10-12-19)33-14-13-29(31,18(2)3)26(33)35/h18-24H,7-17,31H2,1-6H3,(H,32,34)/t20-,21-,22-,23?,24+,28+,29?/m1/s1. The van der Waals surface area contributed by atoms with Crippen molar-refractivity contribution in [2.24, 2.45) is 34.8 Å². The van der Waals surface area contributed by atoms with Crippen LogP contribution in [0.3, 0.4) is 0 Å². The lowest BCUT2D eigenvalue weighted by atomic mass is 9.43. The molecule has 7 atom stereocenters. The fraction of sp³-hybridized carbons (Fsp3) is 0.931. The number of hydrogen-bond donors (Lipinski definition) is 2. The van der Waals surface area contributed by atoms with Gasteiger partial charge in [0.05, 0.1) is 23.2 Å². The zero-order valence-electron chi connectivity index (χ0n) is 24.1. The molecule has 4 aliphatic carbocycles. The van der Waals surface area contributed by atoms with E-state index in [4.69, 9.17) is 15.0 Å². The lowest BCUT2D eigenvalue weighted by Gasteiger charge is -2.64. The average Bonchev–Trinajstić information content (AvgIpc) is 3.38. The van der Waals surface area contributed by atoms with Gasteiger partial charge < -0.3 is 25.3 Å². The Hall–Kier alpha value is -1.12. The Bertz CT molecular complexity index is 892. The molecular formula is C29H50BN3O4. The molecule has 2 bridgehead atoms. The molecule has 2 heterocycles. The highest BCUT2D eigenvalue weighted by Crippen LogP contribution is 2.65. The molecule has 6 fully saturated rings. The first-order valence-corrected chi connectivity index (χ1v) is 15.1. The van der Waals surface area contributed by atoms with Crippen LogP contribution >= 0.6 is 0 Å². The van der Waals surface area contributed by atoms with Crippen LogP contribution in [-0.4, -0.2) is 59.6 Å². The number of amides is 2. The van der Waals surface area contributed by atoms with Crippen molar-refractivity contribution >= 4 is 18.9 Å². The van der Waals surface area contributed by atoms with Gasteiger partial charge in [-0.25, -0.2) is 0 Å². The average molecular weight is 516 g/mol. The van der Waals surface area contributed by atoms with Crippen LogP contribution in [0, 0.1) is 29.1 Å². The highest BCUT2D eigenvalue weighted by Gasteiger charge is 2.68. The van der Waals surface area contributed by atoms with Crippen LogP contribution in [0.2, 0.25) is 0 Å². The van der Waals surface area contributed by atoms with Crippen molar-refractivity contribution in [3.63, 3.8) is 0 Å². The van der Waals surface area contributed by atoms with E-state index in [1.54, 1.807) is 4.90 Å². The molecule has 7 nitrogen and oxygen atoms in total. The molecular weight excluding hydrogens is 465 g/mol. The van der Waals surface area contributed by atoms with Gasteiger partial charge in [-0.15, -0.1) is 0 Å². The molecule has 0 spiro atoms. The van der Waals surface area contributed by atoms with Crippen LogP contribution in [0.5, 0.6) is 0 Å². The second-order valence-corrected chi connectivity index (χ2v) is 14.1. The molecule has 0 aromatic rings. The number of likely N-dealkylation sites (tertiary alicyclic amines) is 1. The summed E-state index contributed by atoms with van der Waals surface area (Å²) in [5.41, 5.74) is 5.68. The summed E-state index contributed by atoms with van der Waals surface area (Å²) < 4.78 is 13.2. The van der Waals surface area contributed by atoms with Crippen LogP contribution in [0.25, 0.3) is 0 Å². The molecule has 0 aromatic heterocycles. The zero-order chi connectivity index (χ0) is 26.8. The summed E-state index contributed by atoms with van der Waals surface area (Å²) in [5.74, 6) is 1.29. The Morgan fingerprint density at radius 3 is 2.49 bits per heavy atom. The number of hydrogen-bond acceptors (Lipinski definition) is 5. The van der Waals surface area contributed by atoms with Gasteiger partial charge in [0.15, 0.2) is 0 Å². The predicted molar refractivity (Wildman–Crippen MR) is 145 cm³/mol. The van der Waals surface area contributed by atoms with E-state index in [9.17, 15) is 9.59 Å². The van der Waals surface area contributed by atoms with Crippen LogP contribution in [0.4, 0.5) is 0 Å². The van der Waals surface area contributed by atoms with Crippen molar-refractivity contribution in [2.45, 2.75) is 135 Å². The van der Waals surface area contributed by atoms with Crippen LogP contribution in [0.15, 0.2) is 0 Å². The number of nitrogens with two attached hydrogens (primary N) is 1. The highest BCUT2D eigenvalue weighted by molar-refractivity contribution is 6.47. The lowest BCUT2D eigenvalue weighted by Crippen LogP contribution is -2.65. The molecule has 0 radical (unpaired) electrons. The maximum Gasteiger partial charge on any atom is 0.481 e. The van der Waals surface area contributed by atoms with E-state index in [0.29, 0.717) is 43.6 Å². The molecule has 3 N–H and O–H groups in total. The largest absolute Gasteiger partial charge is 0.481 e. The van der Waals surface area contributed by atoms with Crippen molar-refractivity contribution in [3.8, 4) is 0 Å². The van der Waals surface area contributed by atoms with Crippen molar-refractivity contribution in [2.75, 3.05) is 6.54 Å². The second kappa shape index (κ2) is 9.81. The monoisotopic (exact) mass is 515 g/mol. The predicted octanol–water partition coefficient (Wildman–Crippen LogP) is 4.07. The van der Waals surface area contributed by atoms with Gasteiger partial charge in [0.1, 0.15) is 6.04 Å². The minimum atomic E-state index is -0.884. The third-order valence-corrected chi connectivity index (χ3v) is 11.5. The first-order chi connectivity index (χ1) is 17.4. The summed E-state index contributed by atoms with van der Waals surface area (Å²) in [6.07, 6.45) is 10.3. The quantitative estimate of drug-likeness (QED) is 0.476. The zero-order valence-corrected chi connectivity index (χ0v) is 24.1. The van der Waals surface area contributed by atoms with Crippen molar-refractivity contribution in [3.05, 3.63) is 0 Å². The normalized spacial score (nSPS) is 38.9. The van der Waals surface area contributed by atoms with E-state index in [0.717, 1.165) is 19.3 Å². The molecule has 2 saturated heterocycles. The van der Waals surface area contributed by atoms with E-state index in [1.165, 1.54) is 25.7 Å². The van der Waals surface area contributed by atoms with Gasteiger partial charge >= 0.3 is 7.12 Å². The summed E-state index contributed by atoms with van der Waals surface area (Å²) in [6, 6.07) is -0.486. The maximum atomic E-state index is 14.0. The van der Waals surface area contributed by atoms with Crippen molar-refractivity contribution in [1.82, 2.24) is 10.2 Å². The Morgan fingerprint density at radius 1 is 1.19 bits per heavy atom. The molecule has 8 heteroatoms. The van der Waals surface area contributed by atoms with Gasteiger partial charge in [0.25, 0.3) is 0 Å². The van der Waals surface area contributed by atoms with Crippen LogP contribution in [0.1, 0.15) is 106 Å². The maximum absolute atomic E-state index is 14.0. The Kier molecular flexibility index (Phi) is 7.28. The molecule has 2 unspecified atom stereocenters. The minimum Gasteiger partial charge on any atom is -0.404 e. The van der Waals surface area contributed by atoms with Crippen LogP contribution < -0.4 is 11.1 Å². The summed E-state index contributed by atoms with van der Waals surface area (Å²) in [7, 11) is -0.451. The fourth-order valence-electron chi connectivity index (χ4n) is 8.44. The summed E-state index contributed by atoms with van der Waals surface area (Å²) in [6.45, 7) is 13.6. The first-order valence-electron chi connectivity index (χ1n) is 15.1. The van der Waals surface area contributed by atoms with Gasteiger partial charge in [-0.1, -0.05) is 66.7 Å². The summed E-state index contributed by atoms with van der Waals surface area (Å²) >= 11 is 0. The SMILES string of the molecule is CC[C@H](NC(=O)[C@@H](CC1CCCCC1)N1CCC(N)(C(C)C)C1=O)B1OC2C[C@H]3C[C@H](C3(C)C)[C@]2(C)O1. The second-order valence-electron chi connectivity index (χ2n) is 14.1. The van der Waals surface area contributed by atoms with Gasteiger partial charge in [-0.2, -0.15) is 0 Å². The van der Waals surface area contributed by atoms with E-state index in [2.05, 4.69) is 33.0 Å². The topological polar surface area (TPSA) is 93.9 Å². The lowest BCUT2D eigenvalue weighted by molar-refractivity contribution is -0.199. The Balaban J connectivity index is 1.31. The molecule has 4 saturated carbocycles.